The zero-order valence-electron chi connectivity index (χ0n) is 16.0. The summed E-state index contributed by atoms with van der Waals surface area (Å²) in [6.07, 6.45) is 6.03. The van der Waals surface area contributed by atoms with Gasteiger partial charge in [0.2, 0.25) is 0 Å². The quantitative estimate of drug-likeness (QED) is 0.390. The highest BCUT2D eigenvalue weighted by Crippen LogP contribution is 2.28. The highest BCUT2D eigenvalue weighted by atomic mass is 32.2. The molecule has 1 saturated heterocycles. The van der Waals surface area contributed by atoms with Crippen LogP contribution >= 0.6 is 0 Å². The molecule has 12 heteroatoms. The van der Waals surface area contributed by atoms with Gasteiger partial charge < -0.3 is 10.6 Å². The van der Waals surface area contributed by atoms with Crippen molar-refractivity contribution in [3.63, 3.8) is 0 Å². The van der Waals surface area contributed by atoms with Gasteiger partial charge in [-0.05, 0) is 38.2 Å². The van der Waals surface area contributed by atoms with Gasteiger partial charge in [-0.15, -0.1) is 0 Å². The van der Waals surface area contributed by atoms with Crippen LogP contribution in [0.15, 0.2) is 17.4 Å². The number of hydrogen-bond acceptors (Lipinski definition) is 4. The molecule has 2 N–H and O–H groups in total. The summed E-state index contributed by atoms with van der Waals surface area (Å²) in [6.45, 7) is 2.83. The zero-order chi connectivity index (χ0) is 20.8. The molecule has 0 aromatic carbocycles. The largest absolute Gasteiger partial charge is 0.511 e. The van der Waals surface area contributed by atoms with E-state index in [4.69, 9.17) is 0 Å². The fourth-order valence-electron chi connectivity index (χ4n) is 2.98. The van der Waals surface area contributed by atoms with Gasteiger partial charge in [-0.25, -0.2) is 8.42 Å². The van der Waals surface area contributed by atoms with Crippen molar-refractivity contribution in [2.24, 2.45) is 12.0 Å². The lowest BCUT2D eigenvalue weighted by Gasteiger charge is -2.32. The van der Waals surface area contributed by atoms with Gasteiger partial charge in [0.25, 0.3) is 0 Å². The second kappa shape index (κ2) is 9.59. The molecule has 28 heavy (non-hydrogen) atoms. The molecule has 1 aromatic rings. The van der Waals surface area contributed by atoms with Crippen LogP contribution in [0.1, 0.15) is 31.7 Å². The van der Waals surface area contributed by atoms with Crippen molar-refractivity contribution < 1.29 is 21.6 Å². The summed E-state index contributed by atoms with van der Waals surface area (Å²) < 4.78 is 63.1. The maximum Gasteiger partial charge on any atom is 0.511 e. The smallest absolute Gasteiger partial charge is 0.357 e. The number of piperidine rings is 1. The molecule has 1 fully saturated rings. The van der Waals surface area contributed by atoms with E-state index >= 15 is 0 Å². The average molecular weight is 424 g/mol. The van der Waals surface area contributed by atoms with Crippen LogP contribution in [0, 0.1) is 0 Å². The highest BCUT2D eigenvalue weighted by molar-refractivity contribution is 7.90. The summed E-state index contributed by atoms with van der Waals surface area (Å²) in [6, 6.07) is -0.129. The molecular weight excluding hydrogens is 397 g/mol. The minimum Gasteiger partial charge on any atom is -0.357 e. The maximum absolute atomic E-state index is 12.6. The van der Waals surface area contributed by atoms with Crippen LogP contribution in [0.3, 0.4) is 0 Å². The number of aliphatic imine (C=N–C) groups is 1. The van der Waals surface area contributed by atoms with Crippen molar-refractivity contribution in [3.05, 3.63) is 18.0 Å². The summed E-state index contributed by atoms with van der Waals surface area (Å²) in [5.41, 5.74) is -4.12. The summed E-state index contributed by atoms with van der Waals surface area (Å²) in [7, 11) is -3.39. The molecule has 1 aliphatic rings. The van der Waals surface area contributed by atoms with Crippen molar-refractivity contribution in [2.75, 3.05) is 26.2 Å². The van der Waals surface area contributed by atoms with E-state index in [9.17, 15) is 21.6 Å². The SMILES string of the molecule is CCNC(=NCCCc1cnn(C)c1)NC1CCN(S(=O)(=O)C(F)(F)F)CC1. The summed E-state index contributed by atoms with van der Waals surface area (Å²) in [5.74, 6) is 0.589. The third-order valence-corrected chi connectivity index (χ3v) is 6.05. The van der Waals surface area contributed by atoms with Gasteiger partial charge in [0.15, 0.2) is 5.96 Å². The second-order valence-electron chi connectivity index (χ2n) is 6.65. The van der Waals surface area contributed by atoms with Crippen LogP contribution in [0.5, 0.6) is 0 Å². The van der Waals surface area contributed by atoms with E-state index < -0.39 is 15.5 Å². The molecule has 1 aromatic heterocycles. The van der Waals surface area contributed by atoms with Gasteiger partial charge in [0.05, 0.1) is 6.20 Å². The first-order valence-electron chi connectivity index (χ1n) is 9.22. The van der Waals surface area contributed by atoms with Crippen molar-refractivity contribution >= 4 is 16.0 Å². The minimum atomic E-state index is -5.25. The fraction of sp³-hybridized carbons (Fsp3) is 0.750. The van der Waals surface area contributed by atoms with Crippen molar-refractivity contribution in [1.29, 1.82) is 0 Å². The number of nitrogens with one attached hydrogen (secondary N) is 2. The van der Waals surface area contributed by atoms with Crippen LogP contribution in [0.2, 0.25) is 0 Å². The van der Waals surface area contributed by atoms with Crippen LogP contribution in [-0.4, -0.2) is 66.2 Å². The first kappa shape index (κ1) is 22.5. The highest BCUT2D eigenvalue weighted by Gasteiger charge is 2.50. The van der Waals surface area contributed by atoms with Crippen LogP contribution in [-0.2, 0) is 23.5 Å². The first-order valence-corrected chi connectivity index (χ1v) is 10.7. The van der Waals surface area contributed by atoms with Gasteiger partial charge in [-0.2, -0.15) is 22.6 Å². The number of aryl methyl sites for hydroxylation is 2. The van der Waals surface area contributed by atoms with E-state index in [1.807, 2.05) is 26.4 Å². The lowest BCUT2D eigenvalue weighted by Crippen LogP contribution is -2.51. The second-order valence-corrected chi connectivity index (χ2v) is 8.58. The molecule has 0 atom stereocenters. The number of sulfonamides is 1. The Morgan fingerprint density at radius 2 is 2.04 bits per heavy atom. The number of alkyl halides is 3. The third-order valence-electron chi connectivity index (χ3n) is 4.42. The van der Waals surface area contributed by atoms with Crippen molar-refractivity contribution in [3.8, 4) is 0 Å². The summed E-state index contributed by atoms with van der Waals surface area (Å²) >= 11 is 0. The number of rotatable bonds is 7. The lowest BCUT2D eigenvalue weighted by atomic mass is 10.1. The monoisotopic (exact) mass is 424 g/mol. The molecule has 0 bridgehead atoms. The Morgan fingerprint density at radius 3 is 2.57 bits per heavy atom. The number of guanidine groups is 1. The summed E-state index contributed by atoms with van der Waals surface area (Å²) in [5, 5.41) is 10.4. The number of hydrogen-bond donors (Lipinski definition) is 2. The molecule has 0 saturated carbocycles. The fourth-order valence-corrected chi connectivity index (χ4v) is 3.96. The molecule has 1 aliphatic heterocycles. The third kappa shape index (κ3) is 6.09. The first-order chi connectivity index (χ1) is 13.1. The molecule has 8 nitrogen and oxygen atoms in total. The molecule has 0 amide bonds. The molecule has 0 unspecified atom stereocenters. The van der Waals surface area contributed by atoms with Gasteiger partial charge >= 0.3 is 15.5 Å². The van der Waals surface area contributed by atoms with Gasteiger partial charge in [-0.3, -0.25) is 9.67 Å². The number of halogens is 3. The predicted octanol–water partition coefficient (Wildman–Crippen LogP) is 1.22. The van der Waals surface area contributed by atoms with Gasteiger partial charge in [0.1, 0.15) is 0 Å². The standard InChI is InChI=1S/C16H27F3N6O2S/c1-3-20-15(21-8-4-5-13-11-22-24(2)12-13)23-14-6-9-25(10-7-14)28(26,27)16(17,18)19/h11-12,14H,3-10H2,1-2H3,(H2,20,21,23). The van der Waals surface area contributed by atoms with Crippen LogP contribution in [0.4, 0.5) is 13.2 Å². The van der Waals surface area contributed by atoms with Crippen molar-refractivity contribution in [2.45, 2.75) is 44.2 Å². The Kier molecular flexibility index (Phi) is 7.70. The zero-order valence-corrected chi connectivity index (χ0v) is 16.9. The molecule has 0 aliphatic carbocycles. The molecule has 160 valence electrons. The van der Waals surface area contributed by atoms with E-state index in [-0.39, 0.29) is 32.0 Å². The van der Waals surface area contributed by atoms with E-state index in [2.05, 4.69) is 20.7 Å². The minimum absolute atomic E-state index is 0.129. The Hall–Kier alpha value is -1.82. The van der Waals surface area contributed by atoms with Gasteiger partial charge in [0, 0.05) is 45.5 Å². The normalized spacial score (nSPS) is 17.7. The molecule has 0 spiro atoms. The topological polar surface area (TPSA) is 91.6 Å². The number of aromatic nitrogens is 2. The van der Waals surface area contributed by atoms with Crippen LogP contribution in [0.25, 0.3) is 0 Å². The lowest BCUT2D eigenvalue weighted by molar-refractivity contribution is -0.0494. The van der Waals surface area contributed by atoms with Crippen LogP contribution < -0.4 is 10.6 Å². The van der Waals surface area contributed by atoms with Gasteiger partial charge in [-0.1, -0.05) is 0 Å². The van der Waals surface area contributed by atoms with E-state index in [0.29, 0.717) is 23.4 Å². The average Bonchev–Trinajstić information content (AvgIpc) is 3.03. The van der Waals surface area contributed by atoms with E-state index in [1.54, 1.807) is 4.68 Å². The maximum atomic E-state index is 12.6. The predicted molar refractivity (Wildman–Crippen MR) is 100 cm³/mol. The van der Waals surface area contributed by atoms with Crippen molar-refractivity contribution in [1.82, 2.24) is 24.7 Å². The molecule has 2 heterocycles. The Morgan fingerprint density at radius 1 is 1.36 bits per heavy atom. The van der Waals surface area contributed by atoms with E-state index in [1.165, 1.54) is 0 Å². The Labute approximate surface area is 163 Å². The van der Waals surface area contributed by atoms with E-state index in [0.717, 1.165) is 18.4 Å². The number of nitrogens with zero attached hydrogens (tertiary/aromatic N) is 4. The molecular formula is C16H27F3N6O2S. The Balaban J connectivity index is 1.82. The molecule has 2 rings (SSSR count). The molecule has 0 radical (unpaired) electrons. The summed E-state index contributed by atoms with van der Waals surface area (Å²) in [4.78, 5) is 4.49. The Bertz CT molecular complexity index is 755.